The lowest BCUT2D eigenvalue weighted by atomic mass is 10.1. The molecule has 0 unspecified atom stereocenters. The van der Waals surface area contributed by atoms with Crippen LogP contribution in [0.3, 0.4) is 0 Å². The number of hydrogen-bond acceptors (Lipinski definition) is 1. The SMILES string of the molecule is C=CC/C=C(F)\C=C1\C=CC(C)=NC1. The van der Waals surface area contributed by atoms with E-state index < -0.39 is 0 Å². The van der Waals surface area contributed by atoms with Gasteiger partial charge in [0.2, 0.25) is 0 Å². The molecule has 0 aromatic rings. The van der Waals surface area contributed by atoms with Gasteiger partial charge in [-0.25, -0.2) is 4.39 Å². The smallest absolute Gasteiger partial charge is 0.119 e. The third-order valence-electron chi connectivity index (χ3n) is 1.85. The Kier molecular flexibility index (Phi) is 4.05. The molecular weight excluding hydrogens is 177 g/mol. The molecule has 1 nitrogen and oxygen atoms in total. The van der Waals surface area contributed by atoms with E-state index in [2.05, 4.69) is 11.6 Å². The number of rotatable bonds is 3. The Balaban J connectivity index is 2.62. The van der Waals surface area contributed by atoms with Crippen LogP contribution in [0.1, 0.15) is 13.3 Å². The quantitative estimate of drug-likeness (QED) is 0.606. The highest BCUT2D eigenvalue weighted by Crippen LogP contribution is 2.10. The molecule has 0 saturated heterocycles. The minimum absolute atomic E-state index is 0.223. The maximum atomic E-state index is 13.1. The van der Waals surface area contributed by atoms with Crippen LogP contribution in [-0.4, -0.2) is 12.3 Å². The van der Waals surface area contributed by atoms with Gasteiger partial charge in [0, 0.05) is 5.71 Å². The third kappa shape index (κ3) is 3.52. The van der Waals surface area contributed by atoms with Crippen molar-refractivity contribution in [2.45, 2.75) is 13.3 Å². The second-order valence-electron chi connectivity index (χ2n) is 3.12. The summed E-state index contributed by atoms with van der Waals surface area (Å²) in [7, 11) is 0. The molecule has 0 aliphatic carbocycles. The Morgan fingerprint density at radius 2 is 2.43 bits per heavy atom. The minimum atomic E-state index is -0.223. The van der Waals surface area contributed by atoms with Gasteiger partial charge >= 0.3 is 0 Å². The maximum absolute atomic E-state index is 13.1. The van der Waals surface area contributed by atoms with Crippen molar-refractivity contribution in [3.8, 4) is 0 Å². The fraction of sp³-hybridized carbons (Fsp3) is 0.250. The van der Waals surface area contributed by atoms with Crippen LogP contribution in [-0.2, 0) is 0 Å². The van der Waals surface area contributed by atoms with Crippen LogP contribution in [0, 0.1) is 0 Å². The maximum Gasteiger partial charge on any atom is 0.119 e. The molecule has 0 saturated carbocycles. The van der Waals surface area contributed by atoms with Gasteiger partial charge in [-0.3, -0.25) is 4.99 Å². The highest BCUT2D eigenvalue weighted by Gasteiger charge is 1.99. The summed E-state index contributed by atoms with van der Waals surface area (Å²) in [5, 5.41) is 0. The summed E-state index contributed by atoms with van der Waals surface area (Å²) in [6.07, 6.45) is 9.01. The van der Waals surface area contributed by atoms with E-state index in [0.717, 1.165) is 11.3 Å². The summed E-state index contributed by atoms with van der Waals surface area (Å²) >= 11 is 0. The van der Waals surface area contributed by atoms with Gasteiger partial charge in [-0.05, 0) is 37.1 Å². The second kappa shape index (κ2) is 5.32. The second-order valence-corrected chi connectivity index (χ2v) is 3.12. The van der Waals surface area contributed by atoms with Crippen molar-refractivity contribution >= 4 is 5.71 Å². The molecule has 0 bridgehead atoms. The molecule has 14 heavy (non-hydrogen) atoms. The van der Waals surface area contributed by atoms with Gasteiger partial charge in [0.05, 0.1) is 6.54 Å². The van der Waals surface area contributed by atoms with Gasteiger partial charge in [-0.1, -0.05) is 12.2 Å². The van der Waals surface area contributed by atoms with E-state index in [0.29, 0.717) is 13.0 Å². The van der Waals surface area contributed by atoms with Crippen LogP contribution >= 0.6 is 0 Å². The first-order valence-corrected chi connectivity index (χ1v) is 4.58. The van der Waals surface area contributed by atoms with Crippen molar-refractivity contribution in [3.63, 3.8) is 0 Å². The molecule has 1 aliphatic heterocycles. The summed E-state index contributed by atoms with van der Waals surface area (Å²) in [6, 6.07) is 0. The fourth-order valence-electron chi connectivity index (χ4n) is 1.07. The van der Waals surface area contributed by atoms with E-state index in [1.807, 2.05) is 19.1 Å². The van der Waals surface area contributed by atoms with E-state index >= 15 is 0 Å². The number of allylic oxidation sites excluding steroid dienone is 5. The Labute approximate surface area is 84.1 Å². The van der Waals surface area contributed by atoms with E-state index in [1.54, 1.807) is 6.08 Å². The fourth-order valence-corrected chi connectivity index (χ4v) is 1.07. The van der Waals surface area contributed by atoms with Crippen LogP contribution < -0.4 is 0 Å². The van der Waals surface area contributed by atoms with E-state index in [1.165, 1.54) is 12.2 Å². The number of nitrogens with zero attached hydrogens (tertiary/aromatic N) is 1. The molecule has 0 N–H and O–H groups in total. The molecule has 0 atom stereocenters. The van der Waals surface area contributed by atoms with Gasteiger partial charge in [-0.2, -0.15) is 0 Å². The Bertz CT molecular complexity index is 332. The van der Waals surface area contributed by atoms with Gasteiger partial charge in [0.15, 0.2) is 0 Å². The van der Waals surface area contributed by atoms with Crippen LogP contribution in [0.25, 0.3) is 0 Å². The molecule has 1 rings (SSSR count). The van der Waals surface area contributed by atoms with Crippen LogP contribution in [0.5, 0.6) is 0 Å². The summed E-state index contributed by atoms with van der Waals surface area (Å²) in [4.78, 5) is 4.19. The first kappa shape index (κ1) is 10.6. The lowest BCUT2D eigenvalue weighted by Gasteiger charge is -2.04. The highest BCUT2D eigenvalue weighted by molar-refractivity contribution is 5.94. The standard InChI is InChI=1S/C12H14FN/c1-3-4-5-12(13)8-11-7-6-10(2)14-9-11/h3,5-8H,1,4,9H2,2H3/b11-8-,12-5+. The number of halogens is 1. The zero-order valence-electron chi connectivity index (χ0n) is 8.33. The van der Waals surface area contributed by atoms with Crippen molar-refractivity contribution in [1.29, 1.82) is 0 Å². The number of aliphatic imine (C=N–C) groups is 1. The molecule has 0 aromatic heterocycles. The van der Waals surface area contributed by atoms with Crippen LogP contribution in [0.2, 0.25) is 0 Å². The van der Waals surface area contributed by atoms with Gasteiger partial charge in [0.1, 0.15) is 5.83 Å². The first-order valence-electron chi connectivity index (χ1n) is 4.58. The third-order valence-corrected chi connectivity index (χ3v) is 1.85. The zero-order valence-corrected chi connectivity index (χ0v) is 8.33. The average molecular weight is 191 g/mol. The lowest BCUT2D eigenvalue weighted by Crippen LogP contribution is -1.97. The minimum Gasteiger partial charge on any atom is -0.285 e. The number of dihydropyridines is 1. The summed E-state index contributed by atoms with van der Waals surface area (Å²) in [5.41, 5.74) is 1.88. The molecule has 1 heterocycles. The Morgan fingerprint density at radius 3 is 3.00 bits per heavy atom. The normalized spacial score (nSPS) is 19.7. The molecular formula is C12H14FN. The van der Waals surface area contributed by atoms with Crippen molar-refractivity contribution in [2.75, 3.05) is 6.54 Å². The van der Waals surface area contributed by atoms with Gasteiger partial charge in [0.25, 0.3) is 0 Å². The number of hydrogen-bond donors (Lipinski definition) is 0. The van der Waals surface area contributed by atoms with Crippen molar-refractivity contribution in [3.05, 3.63) is 48.4 Å². The van der Waals surface area contributed by atoms with E-state index in [-0.39, 0.29) is 5.83 Å². The Hall–Kier alpha value is -1.44. The lowest BCUT2D eigenvalue weighted by molar-refractivity contribution is 0.661. The van der Waals surface area contributed by atoms with E-state index in [4.69, 9.17) is 0 Å². The summed E-state index contributed by atoms with van der Waals surface area (Å²) in [6.45, 7) is 6.02. The molecule has 0 spiro atoms. The predicted octanol–water partition coefficient (Wildman–Crippen LogP) is 3.37. The van der Waals surface area contributed by atoms with Crippen LogP contribution in [0.4, 0.5) is 4.39 Å². The molecule has 0 amide bonds. The van der Waals surface area contributed by atoms with Crippen molar-refractivity contribution < 1.29 is 4.39 Å². The van der Waals surface area contributed by atoms with Crippen LogP contribution in [0.15, 0.2) is 53.4 Å². The van der Waals surface area contributed by atoms with Crippen molar-refractivity contribution in [1.82, 2.24) is 0 Å². The molecule has 74 valence electrons. The predicted molar refractivity (Wildman–Crippen MR) is 59.2 cm³/mol. The molecule has 1 aliphatic rings. The average Bonchev–Trinajstić information content (AvgIpc) is 2.18. The Morgan fingerprint density at radius 1 is 1.64 bits per heavy atom. The molecule has 2 heteroatoms. The largest absolute Gasteiger partial charge is 0.285 e. The zero-order chi connectivity index (χ0) is 10.4. The van der Waals surface area contributed by atoms with E-state index in [9.17, 15) is 4.39 Å². The molecule has 0 aromatic carbocycles. The van der Waals surface area contributed by atoms with Gasteiger partial charge in [-0.15, -0.1) is 6.58 Å². The van der Waals surface area contributed by atoms with Crippen molar-refractivity contribution in [2.24, 2.45) is 4.99 Å². The monoisotopic (exact) mass is 191 g/mol. The summed E-state index contributed by atoms with van der Waals surface area (Å²) < 4.78 is 13.1. The highest BCUT2D eigenvalue weighted by atomic mass is 19.1. The van der Waals surface area contributed by atoms with Gasteiger partial charge < -0.3 is 0 Å². The summed E-state index contributed by atoms with van der Waals surface area (Å²) in [5.74, 6) is -0.223. The first-order chi connectivity index (χ1) is 6.72. The molecule has 0 fully saturated rings. The molecule has 0 radical (unpaired) electrons. The topological polar surface area (TPSA) is 12.4 Å².